The Labute approximate surface area is 137 Å². The minimum absolute atomic E-state index is 0.0657. The predicted octanol–water partition coefficient (Wildman–Crippen LogP) is 2.56. The first-order valence-electron chi connectivity index (χ1n) is 6.90. The van der Waals surface area contributed by atoms with Gasteiger partial charge in [0.1, 0.15) is 19.0 Å². The molecule has 0 aliphatic carbocycles. The molecule has 1 aliphatic rings. The number of nitro benzene ring substituents is 1. The van der Waals surface area contributed by atoms with Gasteiger partial charge in [0, 0.05) is 18.4 Å². The number of sulfone groups is 1. The van der Waals surface area contributed by atoms with Crippen LogP contribution in [0.4, 0.5) is 5.69 Å². The Morgan fingerprint density at radius 3 is 2.46 bits per heavy atom. The summed E-state index contributed by atoms with van der Waals surface area (Å²) in [6, 6.07) is 8.27. The predicted molar refractivity (Wildman–Crippen MR) is 83.7 cm³/mol. The summed E-state index contributed by atoms with van der Waals surface area (Å²) in [4.78, 5) is 10.4. The maximum atomic E-state index is 11.5. The zero-order chi connectivity index (χ0) is 17.3. The van der Waals surface area contributed by atoms with Gasteiger partial charge >= 0.3 is 5.69 Å². The van der Waals surface area contributed by atoms with Crippen LogP contribution in [-0.2, 0) is 9.84 Å². The highest BCUT2D eigenvalue weighted by molar-refractivity contribution is 7.90. The van der Waals surface area contributed by atoms with Gasteiger partial charge in [-0.05, 0) is 24.3 Å². The number of fused-ring (bicyclic) bond motifs is 1. The van der Waals surface area contributed by atoms with Crippen molar-refractivity contribution in [1.82, 2.24) is 0 Å². The van der Waals surface area contributed by atoms with Gasteiger partial charge in [0.05, 0.1) is 9.82 Å². The van der Waals surface area contributed by atoms with Gasteiger partial charge in [0.2, 0.25) is 5.75 Å². The molecule has 126 valence electrons. The number of hydrogen-bond donors (Lipinski definition) is 0. The van der Waals surface area contributed by atoms with E-state index in [1.807, 2.05) is 0 Å². The maximum absolute atomic E-state index is 11.5. The molecule has 1 heterocycles. The van der Waals surface area contributed by atoms with E-state index < -0.39 is 20.4 Å². The number of ether oxygens (including phenoxy) is 3. The van der Waals surface area contributed by atoms with E-state index in [4.69, 9.17) is 14.2 Å². The molecular formula is C15H13NO7S. The molecule has 0 amide bonds. The van der Waals surface area contributed by atoms with Crippen LogP contribution >= 0.6 is 0 Å². The van der Waals surface area contributed by atoms with E-state index in [2.05, 4.69) is 0 Å². The normalized spacial score (nSPS) is 13.4. The van der Waals surface area contributed by atoms with Crippen LogP contribution in [0.3, 0.4) is 0 Å². The summed E-state index contributed by atoms with van der Waals surface area (Å²) in [5.74, 6) is 1.29. The summed E-state index contributed by atoms with van der Waals surface area (Å²) in [5, 5.41) is 11.2. The fraction of sp³-hybridized carbons (Fsp3) is 0.200. The lowest BCUT2D eigenvalue weighted by molar-refractivity contribution is -0.385. The van der Waals surface area contributed by atoms with Gasteiger partial charge in [0.15, 0.2) is 21.3 Å². The molecule has 1 aliphatic heterocycles. The molecule has 0 unspecified atom stereocenters. The van der Waals surface area contributed by atoms with Crippen LogP contribution in [-0.4, -0.2) is 32.8 Å². The summed E-state index contributed by atoms with van der Waals surface area (Å²) in [6.45, 7) is 0.852. The molecule has 0 saturated heterocycles. The molecule has 8 nitrogen and oxygen atoms in total. The summed E-state index contributed by atoms with van der Waals surface area (Å²) in [6.07, 6.45) is 0.980. The van der Waals surface area contributed by atoms with Gasteiger partial charge in [-0.1, -0.05) is 0 Å². The molecule has 0 N–H and O–H groups in total. The Morgan fingerprint density at radius 1 is 1.08 bits per heavy atom. The van der Waals surface area contributed by atoms with E-state index in [9.17, 15) is 18.5 Å². The quantitative estimate of drug-likeness (QED) is 0.615. The molecule has 0 fully saturated rings. The van der Waals surface area contributed by atoms with Crippen molar-refractivity contribution in [2.75, 3.05) is 19.5 Å². The Morgan fingerprint density at radius 2 is 1.79 bits per heavy atom. The van der Waals surface area contributed by atoms with Crippen LogP contribution in [0.2, 0.25) is 0 Å². The van der Waals surface area contributed by atoms with Crippen LogP contribution in [0.25, 0.3) is 0 Å². The molecule has 0 saturated carbocycles. The number of benzene rings is 2. The van der Waals surface area contributed by atoms with E-state index in [0.717, 1.165) is 12.3 Å². The minimum atomic E-state index is -3.56. The number of nitro groups is 1. The standard InChI is InChI=1S/C15H13NO7S/c1-24(19,20)11-3-5-13(12(9-11)16(17)18)23-10-2-4-14-15(8-10)22-7-6-21-14/h2-5,8-9H,6-7H2,1H3. The first-order valence-corrected chi connectivity index (χ1v) is 8.80. The molecule has 24 heavy (non-hydrogen) atoms. The van der Waals surface area contributed by atoms with Gasteiger partial charge in [-0.3, -0.25) is 10.1 Å². The second-order valence-electron chi connectivity index (χ2n) is 5.07. The molecular weight excluding hydrogens is 338 g/mol. The summed E-state index contributed by atoms with van der Waals surface area (Å²) in [7, 11) is -3.56. The van der Waals surface area contributed by atoms with Crippen molar-refractivity contribution in [2.45, 2.75) is 4.90 Å². The molecule has 2 aromatic carbocycles. The maximum Gasteiger partial charge on any atom is 0.312 e. The molecule has 0 spiro atoms. The van der Waals surface area contributed by atoms with E-state index >= 15 is 0 Å². The first-order chi connectivity index (χ1) is 11.3. The largest absolute Gasteiger partial charge is 0.486 e. The van der Waals surface area contributed by atoms with Crippen LogP contribution in [0.15, 0.2) is 41.3 Å². The fourth-order valence-corrected chi connectivity index (χ4v) is 2.81. The van der Waals surface area contributed by atoms with Gasteiger partial charge < -0.3 is 14.2 Å². The molecule has 0 atom stereocenters. The van der Waals surface area contributed by atoms with Crippen LogP contribution in [0.1, 0.15) is 0 Å². The van der Waals surface area contributed by atoms with E-state index in [1.54, 1.807) is 18.2 Å². The third-order valence-electron chi connectivity index (χ3n) is 3.30. The van der Waals surface area contributed by atoms with Crippen molar-refractivity contribution in [3.8, 4) is 23.0 Å². The van der Waals surface area contributed by atoms with Crippen molar-refractivity contribution >= 4 is 15.5 Å². The highest BCUT2D eigenvalue weighted by atomic mass is 32.2. The van der Waals surface area contributed by atoms with Gasteiger partial charge in [0.25, 0.3) is 0 Å². The summed E-state index contributed by atoms with van der Waals surface area (Å²) >= 11 is 0. The summed E-state index contributed by atoms with van der Waals surface area (Å²) in [5.41, 5.74) is -0.437. The Kier molecular flexibility index (Phi) is 4.02. The third kappa shape index (κ3) is 3.25. The molecule has 3 rings (SSSR count). The molecule has 0 aromatic heterocycles. The van der Waals surface area contributed by atoms with Gasteiger partial charge in [-0.15, -0.1) is 0 Å². The highest BCUT2D eigenvalue weighted by Crippen LogP contribution is 2.38. The number of rotatable bonds is 4. The third-order valence-corrected chi connectivity index (χ3v) is 4.41. The Hall–Kier alpha value is -2.81. The zero-order valence-corrected chi connectivity index (χ0v) is 13.4. The van der Waals surface area contributed by atoms with E-state index in [1.165, 1.54) is 12.1 Å². The highest BCUT2D eigenvalue weighted by Gasteiger charge is 2.21. The molecule has 0 radical (unpaired) electrons. The van der Waals surface area contributed by atoms with E-state index in [0.29, 0.717) is 30.5 Å². The monoisotopic (exact) mass is 351 g/mol. The smallest absolute Gasteiger partial charge is 0.312 e. The van der Waals surface area contributed by atoms with Crippen molar-refractivity contribution < 1.29 is 27.6 Å². The average Bonchev–Trinajstić information content (AvgIpc) is 2.54. The molecule has 9 heteroatoms. The Balaban J connectivity index is 1.96. The second-order valence-corrected chi connectivity index (χ2v) is 7.08. The number of nitrogens with zero attached hydrogens (tertiary/aromatic N) is 1. The van der Waals surface area contributed by atoms with Crippen molar-refractivity contribution in [3.05, 3.63) is 46.5 Å². The number of hydrogen-bond acceptors (Lipinski definition) is 7. The lowest BCUT2D eigenvalue weighted by Crippen LogP contribution is -2.15. The van der Waals surface area contributed by atoms with Crippen LogP contribution < -0.4 is 14.2 Å². The van der Waals surface area contributed by atoms with Gasteiger partial charge in [-0.25, -0.2) is 8.42 Å². The Bertz CT molecular complexity index is 908. The second kappa shape index (κ2) is 6.00. The minimum Gasteiger partial charge on any atom is -0.486 e. The SMILES string of the molecule is CS(=O)(=O)c1ccc(Oc2ccc3c(c2)OCCO3)c([N+](=O)[O-])c1. The lowest BCUT2D eigenvalue weighted by Gasteiger charge is -2.18. The van der Waals surface area contributed by atoms with E-state index in [-0.39, 0.29) is 10.6 Å². The van der Waals surface area contributed by atoms with Gasteiger partial charge in [-0.2, -0.15) is 0 Å². The average molecular weight is 351 g/mol. The topological polar surface area (TPSA) is 105 Å². The molecule has 0 bridgehead atoms. The lowest BCUT2D eigenvalue weighted by atomic mass is 10.2. The van der Waals surface area contributed by atoms with Crippen molar-refractivity contribution in [3.63, 3.8) is 0 Å². The van der Waals surface area contributed by atoms with Crippen molar-refractivity contribution in [2.24, 2.45) is 0 Å². The van der Waals surface area contributed by atoms with Crippen LogP contribution in [0, 0.1) is 10.1 Å². The zero-order valence-electron chi connectivity index (χ0n) is 12.6. The summed E-state index contributed by atoms with van der Waals surface area (Å²) < 4.78 is 39.4. The van der Waals surface area contributed by atoms with Crippen molar-refractivity contribution in [1.29, 1.82) is 0 Å². The fourth-order valence-electron chi connectivity index (χ4n) is 2.17. The van der Waals surface area contributed by atoms with Crippen LogP contribution in [0.5, 0.6) is 23.0 Å². The molecule has 2 aromatic rings. The first kappa shape index (κ1) is 16.1.